The molecule has 0 aliphatic rings. The van der Waals surface area contributed by atoms with Crippen molar-refractivity contribution >= 4 is 43.9 Å². The molecule has 0 aliphatic heterocycles. The van der Waals surface area contributed by atoms with Gasteiger partial charge in [0.1, 0.15) is 11.6 Å². The van der Waals surface area contributed by atoms with Gasteiger partial charge in [0.05, 0.1) is 7.11 Å². The highest BCUT2D eigenvalue weighted by Crippen LogP contribution is 2.47. The van der Waals surface area contributed by atoms with E-state index in [4.69, 9.17) is 16.3 Å². The normalized spacial score (nSPS) is 11.4. The molecule has 0 radical (unpaired) electrons. The number of fused-ring (bicyclic) bond motifs is 3. The molecule has 0 bridgehead atoms. The minimum absolute atomic E-state index is 0.255. The summed E-state index contributed by atoms with van der Waals surface area (Å²) in [5.41, 5.74) is 6.43. The molecule has 0 fully saturated rings. The van der Waals surface area contributed by atoms with Crippen LogP contribution in [0.3, 0.4) is 0 Å². The largest absolute Gasteiger partial charge is 0.497 e. The predicted molar refractivity (Wildman–Crippen MR) is 192 cm³/mol. The number of rotatable bonds is 5. The highest BCUT2D eigenvalue weighted by atomic mass is 35.5. The SMILES string of the molecule is COc1ccc2cc(-c3c(-c4ccc(Cl)cc4)cc(-c4cccc5ccccc45)c(F)c3-c3ccc4ccccc4c3)ccc2c1. The number of ether oxygens (including phenoxy) is 1. The molecule has 0 aliphatic carbocycles. The van der Waals surface area contributed by atoms with Gasteiger partial charge in [0.15, 0.2) is 0 Å². The quantitative estimate of drug-likeness (QED) is 0.187. The number of hydrogen-bond donors (Lipinski definition) is 0. The summed E-state index contributed by atoms with van der Waals surface area (Å²) in [6.07, 6.45) is 0. The zero-order valence-electron chi connectivity index (χ0n) is 25.1. The molecule has 0 saturated carbocycles. The predicted octanol–water partition coefficient (Wildman–Crippen LogP) is 12.6. The molecule has 8 rings (SSSR count). The Hall–Kier alpha value is -5.44. The van der Waals surface area contributed by atoms with E-state index in [1.54, 1.807) is 7.11 Å². The van der Waals surface area contributed by atoms with Crippen LogP contribution in [0, 0.1) is 5.82 Å². The van der Waals surface area contributed by atoms with Crippen LogP contribution in [0.5, 0.6) is 5.75 Å². The van der Waals surface area contributed by atoms with E-state index in [1.165, 1.54) is 0 Å². The first-order chi connectivity index (χ1) is 22.6. The lowest BCUT2D eigenvalue weighted by molar-refractivity contribution is 0.415. The van der Waals surface area contributed by atoms with Crippen molar-refractivity contribution in [2.75, 3.05) is 7.11 Å². The second-order valence-electron chi connectivity index (χ2n) is 11.6. The van der Waals surface area contributed by atoms with Gasteiger partial charge in [0.2, 0.25) is 0 Å². The van der Waals surface area contributed by atoms with Crippen LogP contribution in [0.4, 0.5) is 4.39 Å². The monoisotopic (exact) mass is 614 g/mol. The average Bonchev–Trinajstić information content (AvgIpc) is 3.11. The minimum Gasteiger partial charge on any atom is -0.497 e. The first-order valence-corrected chi connectivity index (χ1v) is 15.6. The second kappa shape index (κ2) is 11.5. The number of hydrogen-bond acceptors (Lipinski definition) is 1. The van der Waals surface area contributed by atoms with E-state index in [0.717, 1.165) is 71.4 Å². The van der Waals surface area contributed by atoms with E-state index >= 15 is 4.39 Å². The van der Waals surface area contributed by atoms with Crippen LogP contribution in [-0.4, -0.2) is 7.11 Å². The zero-order valence-corrected chi connectivity index (χ0v) is 25.9. The molecular formula is C43H28ClFO. The van der Waals surface area contributed by atoms with Crippen LogP contribution in [0.1, 0.15) is 0 Å². The molecule has 0 unspecified atom stereocenters. The highest BCUT2D eigenvalue weighted by Gasteiger charge is 2.24. The Bertz CT molecular complexity index is 2420. The maximum absolute atomic E-state index is 17.7. The number of methoxy groups -OCH3 is 1. The Labute approximate surface area is 272 Å². The average molecular weight is 615 g/mol. The fourth-order valence-corrected chi connectivity index (χ4v) is 6.72. The summed E-state index contributed by atoms with van der Waals surface area (Å²) < 4.78 is 23.1. The van der Waals surface area contributed by atoms with Crippen LogP contribution >= 0.6 is 11.6 Å². The van der Waals surface area contributed by atoms with E-state index in [9.17, 15) is 0 Å². The Morgan fingerprint density at radius 1 is 0.457 bits per heavy atom. The van der Waals surface area contributed by atoms with E-state index in [0.29, 0.717) is 16.1 Å². The van der Waals surface area contributed by atoms with Gasteiger partial charge in [0, 0.05) is 21.7 Å². The van der Waals surface area contributed by atoms with Gasteiger partial charge in [-0.15, -0.1) is 0 Å². The molecule has 0 amide bonds. The van der Waals surface area contributed by atoms with Crippen LogP contribution in [0.25, 0.3) is 76.8 Å². The van der Waals surface area contributed by atoms with Crippen LogP contribution in [0.15, 0.2) is 152 Å². The summed E-state index contributed by atoms with van der Waals surface area (Å²) in [6.45, 7) is 0. The Balaban J connectivity index is 1.51. The summed E-state index contributed by atoms with van der Waals surface area (Å²) in [5, 5.41) is 6.97. The van der Waals surface area contributed by atoms with E-state index in [-0.39, 0.29) is 5.82 Å². The first-order valence-electron chi connectivity index (χ1n) is 15.3. The molecule has 46 heavy (non-hydrogen) atoms. The van der Waals surface area contributed by atoms with Gasteiger partial charge in [-0.05, 0) is 103 Å². The van der Waals surface area contributed by atoms with Crippen molar-refractivity contribution < 1.29 is 9.13 Å². The van der Waals surface area contributed by atoms with Crippen molar-refractivity contribution in [3.8, 4) is 50.3 Å². The fraction of sp³-hybridized carbons (Fsp3) is 0.0233. The molecule has 0 spiro atoms. The Morgan fingerprint density at radius 3 is 1.83 bits per heavy atom. The van der Waals surface area contributed by atoms with E-state index in [2.05, 4.69) is 66.7 Å². The van der Waals surface area contributed by atoms with Gasteiger partial charge < -0.3 is 4.74 Å². The molecule has 8 aromatic rings. The second-order valence-corrected chi connectivity index (χ2v) is 12.0. The molecule has 0 atom stereocenters. The summed E-state index contributed by atoms with van der Waals surface area (Å²) in [7, 11) is 1.67. The third kappa shape index (κ3) is 4.88. The zero-order chi connectivity index (χ0) is 31.2. The number of benzene rings is 8. The summed E-state index contributed by atoms with van der Waals surface area (Å²) in [4.78, 5) is 0. The molecular weight excluding hydrogens is 587 g/mol. The lowest BCUT2D eigenvalue weighted by atomic mass is 9.82. The van der Waals surface area contributed by atoms with Crippen molar-refractivity contribution in [1.29, 1.82) is 0 Å². The molecule has 0 heterocycles. The van der Waals surface area contributed by atoms with Gasteiger partial charge in [0.25, 0.3) is 0 Å². The molecule has 1 nitrogen and oxygen atoms in total. The molecule has 8 aromatic carbocycles. The molecule has 0 saturated heterocycles. The number of halogens is 2. The van der Waals surface area contributed by atoms with Gasteiger partial charge in [-0.3, -0.25) is 0 Å². The van der Waals surface area contributed by atoms with E-state index < -0.39 is 0 Å². The Morgan fingerprint density at radius 2 is 1.04 bits per heavy atom. The first kappa shape index (κ1) is 28.1. The van der Waals surface area contributed by atoms with Crippen molar-refractivity contribution in [3.05, 3.63) is 162 Å². The summed E-state index contributed by atoms with van der Waals surface area (Å²) >= 11 is 6.38. The summed E-state index contributed by atoms with van der Waals surface area (Å²) in [6, 6.07) is 50.8. The van der Waals surface area contributed by atoms with Gasteiger partial charge in [-0.1, -0.05) is 121 Å². The van der Waals surface area contributed by atoms with Crippen LogP contribution in [-0.2, 0) is 0 Å². The van der Waals surface area contributed by atoms with Crippen LogP contribution in [0.2, 0.25) is 5.02 Å². The lowest BCUT2D eigenvalue weighted by Crippen LogP contribution is -1.99. The molecule has 0 N–H and O–H groups in total. The van der Waals surface area contributed by atoms with Gasteiger partial charge in [-0.2, -0.15) is 0 Å². The third-order valence-corrected chi connectivity index (χ3v) is 9.13. The van der Waals surface area contributed by atoms with Gasteiger partial charge >= 0.3 is 0 Å². The summed E-state index contributed by atoms with van der Waals surface area (Å²) in [5.74, 6) is 0.540. The maximum Gasteiger partial charge on any atom is 0.139 e. The smallest absolute Gasteiger partial charge is 0.139 e. The molecule has 3 heteroatoms. The van der Waals surface area contributed by atoms with E-state index in [1.807, 2.05) is 84.9 Å². The fourth-order valence-electron chi connectivity index (χ4n) is 6.59. The van der Waals surface area contributed by atoms with Crippen molar-refractivity contribution in [2.24, 2.45) is 0 Å². The van der Waals surface area contributed by atoms with Crippen molar-refractivity contribution in [1.82, 2.24) is 0 Å². The third-order valence-electron chi connectivity index (χ3n) is 8.87. The standard InChI is InChI=1S/C43H28ClFO/c1-46-36-22-19-31-24-33(16-14-32(31)25-36)41-39(29-17-20-35(44)21-18-29)26-40(38-12-6-10-28-8-4-5-11-37(28)38)43(45)42(41)34-15-13-27-7-2-3-9-30(27)23-34/h2-26H,1H3. The lowest BCUT2D eigenvalue weighted by Gasteiger charge is -2.21. The molecule has 0 aromatic heterocycles. The minimum atomic E-state index is -0.255. The Kier molecular flexibility index (Phi) is 7.01. The molecule has 220 valence electrons. The van der Waals surface area contributed by atoms with Gasteiger partial charge in [-0.25, -0.2) is 4.39 Å². The van der Waals surface area contributed by atoms with Crippen molar-refractivity contribution in [2.45, 2.75) is 0 Å². The van der Waals surface area contributed by atoms with Crippen molar-refractivity contribution in [3.63, 3.8) is 0 Å². The highest BCUT2D eigenvalue weighted by molar-refractivity contribution is 6.30. The maximum atomic E-state index is 17.7. The van der Waals surface area contributed by atoms with Crippen LogP contribution < -0.4 is 4.74 Å². The topological polar surface area (TPSA) is 9.23 Å².